The molecular formula is C18H19N3O6S. The first kappa shape index (κ1) is 18.7. The molecule has 2 aromatic heterocycles. The van der Waals surface area contributed by atoms with Crippen molar-refractivity contribution in [1.82, 2.24) is 14.3 Å². The van der Waals surface area contributed by atoms with Crippen LogP contribution in [0.2, 0.25) is 0 Å². The molecule has 3 heterocycles. The standard InChI is InChI=1S/C18H19N3O6S/c1-2-27-18(23)13-10-19-16-15(13)12-9-11(3-4-14(12)20-17(16)22)28(24,25)21-5-7-26-8-6-21/h3-4,9-10,19H,2,5-8H2,1H3,(H,20,22). The minimum absolute atomic E-state index is 0.0891. The number of aromatic amines is 2. The van der Waals surface area contributed by atoms with E-state index in [0.29, 0.717) is 29.5 Å². The summed E-state index contributed by atoms with van der Waals surface area (Å²) in [4.78, 5) is 30.2. The number of hydrogen-bond donors (Lipinski definition) is 2. The summed E-state index contributed by atoms with van der Waals surface area (Å²) in [5.41, 5.74) is 0.413. The molecule has 0 atom stereocenters. The van der Waals surface area contributed by atoms with E-state index in [9.17, 15) is 18.0 Å². The number of pyridine rings is 1. The summed E-state index contributed by atoms with van der Waals surface area (Å²) in [6.07, 6.45) is 1.40. The third-order valence-electron chi connectivity index (χ3n) is 4.72. The number of rotatable bonds is 4. The summed E-state index contributed by atoms with van der Waals surface area (Å²) >= 11 is 0. The van der Waals surface area contributed by atoms with Crippen LogP contribution in [-0.2, 0) is 19.5 Å². The van der Waals surface area contributed by atoms with E-state index in [0.717, 1.165) is 0 Å². The highest BCUT2D eigenvalue weighted by atomic mass is 32.2. The molecule has 1 aromatic carbocycles. The molecule has 0 saturated carbocycles. The van der Waals surface area contributed by atoms with Crippen molar-refractivity contribution in [2.24, 2.45) is 0 Å². The molecule has 148 valence electrons. The quantitative estimate of drug-likeness (QED) is 0.629. The maximum Gasteiger partial charge on any atom is 0.340 e. The first-order valence-corrected chi connectivity index (χ1v) is 10.3. The number of ether oxygens (including phenoxy) is 2. The van der Waals surface area contributed by atoms with Crippen molar-refractivity contribution in [3.63, 3.8) is 0 Å². The maximum absolute atomic E-state index is 13.0. The first-order valence-electron chi connectivity index (χ1n) is 8.85. The van der Waals surface area contributed by atoms with Gasteiger partial charge in [0.15, 0.2) is 0 Å². The van der Waals surface area contributed by atoms with E-state index in [2.05, 4.69) is 9.97 Å². The Balaban J connectivity index is 1.94. The molecule has 0 radical (unpaired) electrons. The number of H-pyrrole nitrogens is 2. The van der Waals surface area contributed by atoms with Gasteiger partial charge in [-0.1, -0.05) is 0 Å². The smallest absolute Gasteiger partial charge is 0.340 e. The zero-order valence-electron chi connectivity index (χ0n) is 15.1. The van der Waals surface area contributed by atoms with Gasteiger partial charge in [0.05, 0.1) is 30.3 Å². The number of carbonyl (C=O) groups is 1. The summed E-state index contributed by atoms with van der Waals surface area (Å²) in [5.74, 6) is -0.581. The third kappa shape index (κ3) is 2.99. The molecular weight excluding hydrogens is 386 g/mol. The van der Waals surface area contributed by atoms with Crippen LogP contribution in [0, 0.1) is 0 Å². The molecule has 9 nitrogen and oxygen atoms in total. The highest BCUT2D eigenvalue weighted by molar-refractivity contribution is 7.89. The Kier molecular flexibility index (Phi) is 4.69. The molecule has 3 aromatic rings. The summed E-state index contributed by atoms with van der Waals surface area (Å²) in [6.45, 7) is 3.11. The topological polar surface area (TPSA) is 122 Å². The fraction of sp³-hybridized carbons (Fsp3) is 0.333. The lowest BCUT2D eigenvalue weighted by Crippen LogP contribution is -2.40. The molecule has 4 rings (SSSR count). The van der Waals surface area contributed by atoms with Gasteiger partial charge in [-0.25, -0.2) is 13.2 Å². The maximum atomic E-state index is 13.0. The van der Waals surface area contributed by atoms with E-state index in [-0.39, 0.29) is 35.7 Å². The Morgan fingerprint density at radius 1 is 1.29 bits per heavy atom. The van der Waals surface area contributed by atoms with Crippen LogP contribution < -0.4 is 5.56 Å². The fourth-order valence-corrected chi connectivity index (χ4v) is 4.81. The molecule has 1 aliphatic rings. The second-order valence-electron chi connectivity index (χ2n) is 6.35. The van der Waals surface area contributed by atoms with Crippen molar-refractivity contribution in [3.05, 3.63) is 40.3 Å². The monoisotopic (exact) mass is 405 g/mol. The Morgan fingerprint density at radius 3 is 2.75 bits per heavy atom. The van der Waals surface area contributed by atoms with Gasteiger partial charge in [0.2, 0.25) is 10.0 Å². The van der Waals surface area contributed by atoms with Crippen molar-refractivity contribution in [2.45, 2.75) is 11.8 Å². The van der Waals surface area contributed by atoms with Crippen LogP contribution in [0.5, 0.6) is 0 Å². The second-order valence-corrected chi connectivity index (χ2v) is 8.29. The van der Waals surface area contributed by atoms with Crippen LogP contribution in [0.1, 0.15) is 17.3 Å². The molecule has 28 heavy (non-hydrogen) atoms. The molecule has 0 unspecified atom stereocenters. The Morgan fingerprint density at radius 2 is 2.04 bits per heavy atom. The van der Waals surface area contributed by atoms with Gasteiger partial charge in [-0.05, 0) is 25.1 Å². The van der Waals surface area contributed by atoms with Gasteiger partial charge in [-0.2, -0.15) is 4.31 Å². The van der Waals surface area contributed by atoms with Crippen LogP contribution in [0.15, 0.2) is 34.1 Å². The summed E-state index contributed by atoms with van der Waals surface area (Å²) in [5, 5.41) is 0.796. The van der Waals surface area contributed by atoms with E-state index in [1.54, 1.807) is 6.92 Å². The number of benzene rings is 1. The zero-order valence-corrected chi connectivity index (χ0v) is 16.0. The molecule has 0 amide bonds. The average Bonchev–Trinajstić information content (AvgIpc) is 3.15. The zero-order chi connectivity index (χ0) is 19.9. The Hall–Kier alpha value is -2.69. The molecule has 0 spiro atoms. The average molecular weight is 405 g/mol. The van der Waals surface area contributed by atoms with Gasteiger partial charge in [0.25, 0.3) is 5.56 Å². The molecule has 1 saturated heterocycles. The Bertz CT molecular complexity index is 1220. The molecule has 1 aliphatic heterocycles. The minimum atomic E-state index is -3.72. The number of nitrogens with zero attached hydrogens (tertiary/aromatic N) is 1. The van der Waals surface area contributed by atoms with E-state index in [1.807, 2.05) is 0 Å². The second kappa shape index (κ2) is 7.04. The van der Waals surface area contributed by atoms with E-state index in [1.165, 1.54) is 28.7 Å². The number of fused-ring (bicyclic) bond motifs is 3. The molecule has 0 aliphatic carbocycles. The van der Waals surface area contributed by atoms with Gasteiger partial charge in [0.1, 0.15) is 5.52 Å². The van der Waals surface area contributed by atoms with Crippen LogP contribution in [0.4, 0.5) is 0 Å². The largest absolute Gasteiger partial charge is 0.462 e. The summed E-state index contributed by atoms with van der Waals surface area (Å²) in [6, 6.07) is 4.46. The highest BCUT2D eigenvalue weighted by Crippen LogP contribution is 2.28. The predicted octanol–water partition coefficient (Wildman–Crippen LogP) is 1.21. The lowest BCUT2D eigenvalue weighted by atomic mass is 10.1. The number of sulfonamides is 1. The van der Waals surface area contributed by atoms with Crippen molar-refractivity contribution in [3.8, 4) is 0 Å². The van der Waals surface area contributed by atoms with E-state index < -0.39 is 21.6 Å². The lowest BCUT2D eigenvalue weighted by molar-refractivity contribution is 0.0529. The van der Waals surface area contributed by atoms with Gasteiger partial charge >= 0.3 is 5.97 Å². The lowest BCUT2D eigenvalue weighted by Gasteiger charge is -2.26. The summed E-state index contributed by atoms with van der Waals surface area (Å²) in [7, 11) is -3.72. The van der Waals surface area contributed by atoms with Crippen LogP contribution in [0.3, 0.4) is 0 Å². The number of esters is 1. The SMILES string of the molecule is CCOC(=O)c1c[nH]c2c(=O)[nH]c3ccc(S(=O)(=O)N4CCOCC4)cc3c12. The van der Waals surface area contributed by atoms with Crippen LogP contribution >= 0.6 is 0 Å². The number of carbonyl (C=O) groups excluding carboxylic acids is 1. The number of morpholine rings is 1. The van der Waals surface area contributed by atoms with E-state index >= 15 is 0 Å². The molecule has 0 bridgehead atoms. The van der Waals surface area contributed by atoms with Crippen molar-refractivity contribution < 1.29 is 22.7 Å². The number of aromatic nitrogens is 2. The van der Waals surface area contributed by atoms with Crippen molar-refractivity contribution in [1.29, 1.82) is 0 Å². The first-order chi connectivity index (χ1) is 13.4. The summed E-state index contributed by atoms with van der Waals surface area (Å²) < 4.78 is 37.6. The van der Waals surface area contributed by atoms with Crippen molar-refractivity contribution in [2.75, 3.05) is 32.9 Å². The Labute approximate surface area is 160 Å². The van der Waals surface area contributed by atoms with Gasteiger partial charge in [-0.15, -0.1) is 0 Å². The predicted molar refractivity (Wildman–Crippen MR) is 102 cm³/mol. The highest BCUT2D eigenvalue weighted by Gasteiger charge is 2.27. The van der Waals surface area contributed by atoms with Gasteiger partial charge in [0, 0.05) is 35.6 Å². The molecule has 10 heteroatoms. The van der Waals surface area contributed by atoms with Gasteiger partial charge in [-0.3, -0.25) is 4.79 Å². The molecule has 1 fully saturated rings. The molecule has 2 N–H and O–H groups in total. The normalized spacial score (nSPS) is 15.9. The third-order valence-corrected chi connectivity index (χ3v) is 6.61. The minimum Gasteiger partial charge on any atom is -0.462 e. The number of nitrogens with one attached hydrogen (secondary N) is 2. The van der Waals surface area contributed by atoms with Crippen LogP contribution in [-0.4, -0.2) is 61.6 Å². The van der Waals surface area contributed by atoms with Crippen molar-refractivity contribution >= 4 is 37.8 Å². The van der Waals surface area contributed by atoms with E-state index in [4.69, 9.17) is 9.47 Å². The van der Waals surface area contributed by atoms with Gasteiger partial charge < -0.3 is 19.4 Å². The fourth-order valence-electron chi connectivity index (χ4n) is 3.37. The number of hydrogen-bond acceptors (Lipinski definition) is 6. The van der Waals surface area contributed by atoms with Crippen LogP contribution in [0.25, 0.3) is 21.8 Å².